The number of thiophene rings is 1. The van der Waals surface area contributed by atoms with E-state index in [4.69, 9.17) is 20.9 Å². The number of fused-ring (bicyclic) bond motifs is 1. The number of rotatable bonds is 6. The normalized spacial score (nSPS) is 15.4. The molecule has 0 saturated heterocycles. The minimum absolute atomic E-state index is 0.254. The molecule has 1 aromatic carbocycles. The minimum atomic E-state index is -0.402. The molecule has 0 saturated carbocycles. The zero-order valence-electron chi connectivity index (χ0n) is 19.2. The molecular formula is C25H27ClN2O4S. The Balaban J connectivity index is 1.72. The van der Waals surface area contributed by atoms with E-state index in [1.54, 1.807) is 19.1 Å². The summed E-state index contributed by atoms with van der Waals surface area (Å²) in [6, 6.07) is 7.16. The third-order valence-electron chi connectivity index (χ3n) is 5.94. The van der Waals surface area contributed by atoms with Crippen molar-refractivity contribution in [3.05, 3.63) is 56.6 Å². The summed E-state index contributed by atoms with van der Waals surface area (Å²) in [7, 11) is 0. The molecule has 3 aromatic rings. The Bertz CT molecular complexity index is 1200. The van der Waals surface area contributed by atoms with Crippen LogP contribution in [0.2, 0.25) is 5.02 Å². The number of ether oxygens (including phenoxy) is 1. The summed E-state index contributed by atoms with van der Waals surface area (Å²) < 4.78 is 10.9. The van der Waals surface area contributed by atoms with E-state index in [1.807, 2.05) is 26.0 Å². The van der Waals surface area contributed by atoms with Gasteiger partial charge in [0.25, 0.3) is 5.91 Å². The molecule has 33 heavy (non-hydrogen) atoms. The highest BCUT2D eigenvalue weighted by Gasteiger charge is 2.32. The number of carbonyl (C=O) groups is 2. The first-order valence-electron chi connectivity index (χ1n) is 11.2. The molecule has 0 unspecified atom stereocenters. The predicted molar refractivity (Wildman–Crippen MR) is 130 cm³/mol. The quantitative estimate of drug-likeness (QED) is 0.392. The Morgan fingerprint density at radius 2 is 2.06 bits per heavy atom. The van der Waals surface area contributed by atoms with Gasteiger partial charge in [-0.1, -0.05) is 48.3 Å². The zero-order chi connectivity index (χ0) is 23.7. The molecule has 0 aliphatic heterocycles. The maximum Gasteiger partial charge on any atom is 0.341 e. The van der Waals surface area contributed by atoms with Gasteiger partial charge in [0.1, 0.15) is 22.0 Å². The van der Waals surface area contributed by atoms with Crippen molar-refractivity contribution in [1.82, 2.24) is 5.16 Å². The number of carbonyl (C=O) groups excluding carboxylic acids is 2. The third kappa shape index (κ3) is 4.70. The Kier molecular flexibility index (Phi) is 6.91. The van der Waals surface area contributed by atoms with Crippen molar-refractivity contribution in [3.63, 3.8) is 0 Å². The second kappa shape index (κ2) is 9.69. The molecular weight excluding hydrogens is 460 g/mol. The van der Waals surface area contributed by atoms with Crippen molar-refractivity contribution in [2.24, 2.45) is 5.92 Å². The van der Waals surface area contributed by atoms with Crippen molar-refractivity contribution in [2.75, 3.05) is 5.32 Å². The predicted octanol–water partition coefficient (Wildman–Crippen LogP) is 6.70. The molecule has 1 N–H and O–H groups in total. The molecule has 1 aliphatic carbocycles. The Morgan fingerprint density at radius 3 is 2.76 bits per heavy atom. The molecule has 1 aliphatic rings. The first-order chi connectivity index (χ1) is 15.8. The van der Waals surface area contributed by atoms with Gasteiger partial charge in [-0.25, -0.2) is 4.79 Å². The monoisotopic (exact) mass is 486 g/mol. The number of benzene rings is 1. The van der Waals surface area contributed by atoms with E-state index >= 15 is 0 Å². The lowest BCUT2D eigenvalue weighted by Gasteiger charge is -2.21. The van der Waals surface area contributed by atoms with Crippen molar-refractivity contribution in [2.45, 2.75) is 59.5 Å². The van der Waals surface area contributed by atoms with E-state index in [1.165, 1.54) is 11.3 Å². The standard InChI is InChI=1S/C25H27ClN2O4S/c1-5-15-10-11-17-19(12-15)33-24(21(17)25(30)31-13(2)3)27-23(29)20-14(4)32-28-22(20)16-8-6-7-9-18(16)26/h6-9,13,15H,5,10-12H2,1-4H3,(H,27,29)/t15-/m1/s1. The molecule has 1 atom stereocenters. The van der Waals surface area contributed by atoms with Crippen molar-refractivity contribution in [3.8, 4) is 11.3 Å². The SMILES string of the molecule is CC[C@@H]1CCc2c(sc(NC(=O)c3c(-c4ccccc4Cl)noc3C)c2C(=O)OC(C)C)C1. The summed E-state index contributed by atoms with van der Waals surface area (Å²) in [6.07, 6.45) is 3.57. The Morgan fingerprint density at radius 1 is 1.30 bits per heavy atom. The van der Waals surface area contributed by atoms with Crippen LogP contribution >= 0.6 is 22.9 Å². The number of halogens is 1. The van der Waals surface area contributed by atoms with Crippen LogP contribution < -0.4 is 5.32 Å². The van der Waals surface area contributed by atoms with Crippen LogP contribution in [0.25, 0.3) is 11.3 Å². The van der Waals surface area contributed by atoms with Crippen LogP contribution in [0.5, 0.6) is 0 Å². The highest BCUT2D eigenvalue weighted by Crippen LogP contribution is 2.41. The fourth-order valence-corrected chi connectivity index (χ4v) is 5.79. The number of nitrogens with zero attached hydrogens (tertiary/aromatic N) is 1. The fourth-order valence-electron chi connectivity index (χ4n) is 4.22. The van der Waals surface area contributed by atoms with Gasteiger partial charge in [0.05, 0.1) is 16.7 Å². The van der Waals surface area contributed by atoms with E-state index < -0.39 is 11.9 Å². The van der Waals surface area contributed by atoms with Crippen LogP contribution in [-0.4, -0.2) is 23.1 Å². The smallest absolute Gasteiger partial charge is 0.341 e. The number of nitrogens with one attached hydrogen (secondary N) is 1. The number of aryl methyl sites for hydroxylation is 1. The van der Waals surface area contributed by atoms with E-state index in [-0.39, 0.29) is 6.10 Å². The highest BCUT2D eigenvalue weighted by molar-refractivity contribution is 7.17. The van der Waals surface area contributed by atoms with Crippen LogP contribution in [-0.2, 0) is 17.6 Å². The van der Waals surface area contributed by atoms with E-state index in [0.29, 0.717) is 44.1 Å². The lowest BCUT2D eigenvalue weighted by atomic mass is 9.85. The van der Waals surface area contributed by atoms with Gasteiger partial charge in [0, 0.05) is 10.4 Å². The first kappa shape index (κ1) is 23.5. The van der Waals surface area contributed by atoms with Crippen LogP contribution in [0.4, 0.5) is 5.00 Å². The van der Waals surface area contributed by atoms with Gasteiger partial charge in [-0.15, -0.1) is 11.3 Å². The summed E-state index contributed by atoms with van der Waals surface area (Å²) in [4.78, 5) is 27.6. The van der Waals surface area contributed by atoms with Gasteiger partial charge in [-0.2, -0.15) is 0 Å². The van der Waals surface area contributed by atoms with Gasteiger partial charge in [-0.05, 0) is 57.6 Å². The molecule has 2 heterocycles. The average molecular weight is 487 g/mol. The van der Waals surface area contributed by atoms with Gasteiger partial charge < -0.3 is 14.6 Å². The maximum atomic E-state index is 13.4. The summed E-state index contributed by atoms with van der Waals surface area (Å²) in [6.45, 7) is 7.50. The largest absolute Gasteiger partial charge is 0.459 e. The second-order valence-electron chi connectivity index (χ2n) is 8.58. The lowest BCUT2D eigenvalue weighted by Crippen LogP contribution is -2.19. The maximum absolute atomic E-state index is 13.4. The summed E-state index contributed by atoms with van der Waals surface area (Å²) in [5.74, 6) is 0.163. The summed E-state index contributed by atoms with van der Waals surface area (Å²) in [5, 5.41) is 8.03. The first-order valence-corrected chi connectivity index (χ1v) is 12.4. The van der Waals surface area contributed by atoms with E-state index in [0.717, 1.165) is 36.1 Å². The Labute approximate surface area is 202 Å². The molecule has 6 nitrogen and oxygen atoms in total. The molecule has 4 rings (SSSR count). The number of aromatic nitrogens is 1. The number of amides is 1. The van der Waals surface area contributed by atoms with Crippen LogP contribution in [0.3, 0.4) is 0 Å². The average Bonchev–Trinajstić information content (AvgIpc) is 3.32. The van der Waals surface area contributed by atoms with E-state index in [2.05, 4.69) is 17.4 Å². The number of hydrogen-bond donors (Lipinski definition) is 1. The summed E-state index contributed by atoms with van der Waals surface area (Å²) in [5.41, 5.74) is 2.74. The van der Waals surface area contributed by atoms with Crippen molar-refractivity contribution >= 4 is 39.8 Å². The molecule has 0 bridgehead atoms. The minimum Gasteiger partial charge on any atom is -0.459 e. The molecule has 174 valence electrons. The van der Waals surface area contributed by atoms with Gasteiger partial charge in [-0.3, -0.25) is 4.79 Å². The van der Waals surface area contributed by atoms with Crippen LogP contribution in [0.15, 0.2) is 28.8 Å². The van der Waals surface area contributed by atoms with Gasteiger partial charge >= 0.3 is 5.97 Å². The van der Waals surface area contributed by atoms with Gasteiger partial charge in [0.15, 0.2) is 0 Å². The van der Waals surface area contributed by atoms with Crippen LogP contribution in [0.1, 0.15) is 70.5 Å². The molecule has 8 heteroatoms. The Hall–Kier alpha value is -2.64. The molecule has 2 aromatic heterocycles. The molecule has 0 fully saturated rings. The lowest BCUT2D eigenvalue weighted by molar-refractivity contribution is 0.0378. The molecule has 1 amide bonds. The van der Waals surface area contributed by atoms with Gasteiger partial charge in [0.2, 0.25) is 0 Å². The molecule has 0 spiro atoms. The van der Waals surface area contributed by atoms with Crippen molar-refractivity contribution < 1.29 is 18.8 Å². The fraction of sp³-hybridized carbons (Fsp3) is 0.400. The topological polar surface area (TPSA) is 81.4 Å². The third-order valence-corrected chi connectivity index (χ3v) is 7.44. The van der Waals surface area contributed by atoms with Crippen molar-refractivity contribution in [1.29, 1.82) is 0 Å². The number of anilines is 1. The van der Waals surface area contributed by atoms with Crippen LogP contribution in [0, 0.1) is 12.8 Å². The highest BCUT2D eigenvalue weighted by atomic mass is 35.5. The molecule has 0 radical (unpaired) electrons. The zero-order valence-corrected chi connectivity index (χ0v) is 20.7. The van der Waals surface area contributed by atoms with E-state index in [9.17, 15) is 9.59 Å². The number of esters is 1. The number of hydrogen-bond acceptors (Lipinski definition) is 6. The summed E-state index contributed by atoms with van der Waals surface area (Å²) >= 11 is 7.81. The second-order valence-corrected chi connectivity index (χ2v) is 10.1.